The summed E-state index contributed by atoms with van der Waals surface area (Å²) in [6.07, 6.45) is 4.74. The van der Waals surface area contributed by atoms with Gasteiger partial charge in [-0.3, -0.25) is 9.55 Å². The van der Waals surface area contributed by atoms with E-state index in [1.54, 1.807) is 20.4 Å². The Balaban J connectivity index is 1.90. The lowest BCUT2D eigenvalue weighted by Gasteiger charge is -2.26. The molecule has 0 amide bonds. The van der Waals surface area contributed by atoms with Crippen LogP contribution in [0.5, 0.6) is 11.5 Å². The molecule has 0 saturated carbocycles. The van der Waals surface area contributed by atoms with Crippen molar-refractivity contribution >= 4 is 24.2 Å². The number of anilines is 1. The van der Waals surface area contributed by atoms with Crippen LogP contribution in [0.3, 0.4) is 0 Å². The molecule has 0 bridgehead atoms. The monoisotopic (exact) mass is 461 g/mol. The van der Waals surface area contributed by atoms with Crippen LogP contribution in [0.2, 0.25) is 0 Å². The van der Waals surface area contributed by atoms with Crippen LogP contribution in [0.4, 0.5) is 5.69 Å². The highest BCUT2D eigenvalue weighted by Crippen LogP contribution is 2.51. The van der Waals surface area contributed by atoms with E-state index in [0.717, 1.165) is 48.9 Å². The van der Waals surface area contributed by atoms with E-state index in [-0.39, 0.29) is 5.92 Å². The zero-order valence-electron chi connectivity index (χ0n) is 19.3. The minimum Gasteiger partial charge on any atom is -0.493 e. The molecule has 32 heavy (non-hydrogen) atoms. The summed E-state index contributed by atoms with van der Waals surface area (Å²) in [5, 5.41) is 10.6. The van der Waals surface area contributed by atoms with Gasteiger partial charge in [0.05, 0.1) is 50.4 Å². The average molecular weight is 461 g/mol. The second-order valence-electron chi connectivity index (χ2n) is 7.77. The van der Waals surface area contributed by atoms with Gasteiger partial charge in [-0.2, -0.15) is 5.26 Å². The number of fused-ring (bicyclic) bond motifs is 1. The average Bonchev–Trinajstić information content (AvgIpc) is 3.02. The van der Waals surface area contributed by atoms with Gasteiger partial charge in [0.25, 0.3) is 0 Å². The van der Waals surface area contributed by atoms with E-state index in [2.05, 4.69) is 16.0 Å². The van der Waals surface area contributed by atoms with E-state index in [1.165, 1.54) is 0 Å². The molecule has 2 aromatic rings. The third-order valence-corrected chi connectivity index (χ3v) is 8.03. The van der Waals surface area contributed by atoms with Crippen LogP contribution in [-0.4, -0.2) is 51.7 Å². The van der Waals surface area contributed by atoms with Crippen molar-refractivity contribution in [2.75, 3.05) is 51.6 Å². The summed E-state index contributed by atoms with van der Waals surface area (Å²) >= 11 is 0. The molecule has 174 valence electrons. The molecule has 0 N–H and O–H groups in total. The topological polar surface area (TPSA) is 93.9 Å². The highest BCUT2D eigenvalue weighted by atomic mass is 31.2. The Kier molecular flexibility index (Phi) is 8.36. The Bertz CT molecular complexity index is 1010. The molecule has 1 aliphatic heterocycles. The minimum absolute atomic E-state index is 0.234. The van der Waals surface area contributed by atoms with Gasteiger partial charge in [-0.25, -0.2) is 0 Å². The number of benzene rings is 1. The highest BCUT2D eigenvalue weighted by molar-refractivity contribution is 7.53. The van der Waals surface area contributed by atoms with Gasteiger partial charge in [0.15, 0.2) is 11.5 Å². The number of ether oxygens (including phenoxy) is 2. The van der Waals surface area contributed by atoms with Gasteiger partial charge in [0.2, 0.25) is 0 Å². The summed E-state index contributed by atoms with van der Waals surface area (Å²) in [5.74, 6) is 1.43. The van der Waals surface area contributed by atoms with Crippen molar-refractivity contribution in [3.63, 3.8) is 0 Å². The fraction of sp³-hybridized carbons (Fsp3) is 0.565. The zero-order chi connectivity index (χ0) is 23.1. The van der Waals surface area contributed by atoms with Crippen molar-refractivity contribution in [2.24, 2.45) is 5.92 Å². The normalized spacial score (nSPS) is 17.1. The van der Waals surface area contributed by atoms with Gasteiger partial charge >= 0.3 is 7.60 Å². The van der Waals surface area contributed by atoms with Gasteiger partial charge in [-0.05, 0) is 45.1 Å². The van der Waals surface area contributed by atoms with Crippen LogP contribution < -0.4 is 14.4 Å². The molecule has 1 unspecified atom stereocenters. The van der Waals surface area contributed by atoms with Crippen molar-refractivity contribution in [1.82, 2.24) is 4.98 Å². The number of pyridine rings is 1. The molecule has 0 radical (unpaired) electrons. The molecule has 8 nitrogen and oxygen atoms in total. The van der Waals surface area contributed by atoms with Crippen LogP contribution >= 0.6 is 7.60 Å². The summed E-state index contributed by atoms with van der Waals surface area (Å²) in [5.41, 5.74) is 2.13. The predicted octanol–water partition coefficient (Wildman–Crippen LogP) is 5.00. The van der Waals surface area contributed by atoms with Gasteiger partial charge < -0.3 is 23.4 Å². The van der Waals surface area contributed by atoms with Crippen LogP contribution in [0.1, 0.15) is 38.7 Å². The molecule has 3 rings (SSSR count). The molecule has 1 atom stereocenters. The van der Waals surface area contributed by atoms with Crippen molar-refractivity contribution in [2.45, 2.75) is 33.1 Å². The standard InChI is InChI=1S/C23H32N3O5P/c1-5-30-32(27,31-6-2)16-17-8-7-10-26(11-9-17)23-18(14-24)15-25-20-13-22(29-4)21(28-3)12-19(20)23/h12-13,15,17H,5-11,16H2,1-4H3. The summed E-state index contributed by atoms with van der Waals surface area (Å²) in [6.45, 7) is 5.95. The molecule has 1 aliphatic rings. The Morgan fingerprint density at radius 1 is 1.12 bits per heavy atom. The second-order valence-corrected chi connectivity index (χ2v) is 9.87. The van der Waals surface area contributed by atoms with Gasteiger partial charge in [0.1, 0.15) is 6.07 Å². The van der Waals surface area contributed by atoms with Crippen LogP contribution in [0, 0.1) is 17.2 Å². The molecule has 9 heteroatoms. The number of aromatic nitrogens is 1. The summed E-state index contributed by atoms with van der Waals surface area (Å²) < 4.78 is 34.9. The maximum absolute atomic E-state index is 13.0. The number of rotatable bonds is 9. The van der Waals surface area contributed by atoms with Gasteiger partial charge in [0, 0.05) is 30.7 Å². The molecule has 1 aromatic heterocycles. The van der Waals surface area contributed by atoms with Crippen LogP contribution in [0.25, 0.3) is 10.9 Å². The van der Waals surface area contributed by atoms with E-state index in [4.69, 9.17) is 18.5 Å². The first-order chi connectivity index (χ1) is 15.5. The lowest BCUT2D eigenvalue weighted by Crippen LogP contribution is -2.26. The molecular formula is C23H32N3O5P. The van der Waals surface area contributed by atoms with Crippen molar-refractivity contribution < 1.29 is 23.1 Å². The third kappa shape index (κ3) is 5.35. The first-order valence-corrected chi connectivity index (χ1v) is 12.8. The lowest BCUT2D eigenvalue weighted by atomic mass is 10.0. The Morgan fingerprint density at radius 3 is 2.44 bits per heavy atom. The number of hydrogen-bond acceptors (Lipinski definition) is 8. The van der Waals surface area contributed by atoms with E-state index >= 15 is 0 Å². The van der Waals surface area contributed by atoms with E-state index < -0.39 is 7.60 Å². The number of nitrogens with zero attached hydrogens (tertiary/aromatic N) is 3. The lowest BCUT2D eigenvalue weighted by molar-refractivity contribution is 0.215. The molecule has 0 aliphatic carbocycles. The fourth-order valence-corrected chi connectivity index (χ4v) is 6.42. The largest absolute Gasteiger partial charge is 0.493 e. The quantitative estimate of drug-likeness (QED) is 0.482. The Labute approximate surface area is 190 Å². The Hall–Kier alpha value is -2.33. The third-order valence-electron chi connectivity index (χ3n) is 5.76. The van der Waals surface area contributed by atoms with E-state index in [0.29, 0.717) is 36.4 Å². The number of nitriles is 1. The number of methoxy groups -OCH3 is 2. The Morgan fingerprint density at radius 2 is 1.81 bits per heavy atom. The number of hydrogen-bond donors (Lipinski definition) is 0. The fourth-order valence-electron chi connectivity index (χ4n) is 4.35. The SMILES string of the molecule is CCOP(=O)(CC1CCCN(c2c(C#N)cnc3cc(OC)c(OC)cc23)CC1)OCC. The summed E-state index contributed by atoms with van der Waals surface area (Å²) in [4.78, 5) is 6.70. The first kappa shape index (κ1) is 24.3. The van der Waals surface area contributed by atoms with Crippen molar-refractivity contribution in [3.8, 4) is 17.6 Å². The van der Waals surface area contributed by atoms with Crippen molar-refractivity contribution in [1.29, 1.82) is 5.26 Å². The maximum atomic E-state index is 13.0. The molecular weight excluding hydrogens is 429 g/mol. The maximum Gasteiger partial charge on any atom is 0.330 e. The van der Waals surface area contributed by atoms with Crippen molar-refractivity contribution in [3.05, 3.63) is 23.9 Å². The molecule has 2 heterocycles. The summed E-state index contributed by atoms with van der Waals surface area (Å²) in [7, 11) is 0.0990. The summed E-state index contributed by atoms with van der Waals surface area (Å²) in [6, 6.07) is 6.01. The predicted molar refractivity (Wildman–Crippen MR) is 125 cm³/mol. The van der Waals surface area contributed by atoms with E-state index in [1.807, 2.05) is 26.0 Å². The molecule has 1 saturated heterocycles. The minimum atomic E-state index is -3.08. The first-order valence-electron chi connectivity index (χ1n) is 11.1. The van der Waals surface area contributed by atoms with Crippen LogP contribution in [-0.2, 0) is 13.6 Å². The zero-order valence-corrected chi connectivity index (χ0v) is 20.2. The molecule has 1 aromatic carbocycles. The smallest absolute Gasteiger partial charge is 0.330 e. The van der Waals surface area contributed by atoms with E-state index in [9.17, 15) is 9.83 Å². The second kappa shape index (κ2) is 11.0. The highest BCUT2D eigenvalue weighted by Gasteiger charge is 2.30. The van der Waals surface area contributed by atoms with Gasteiger partial charge in [-0.15, -0.1) is 0 Å². The van der Waals surface area contributed by atoms with Crippen LogP contribution in [0.15, 0.2) is 18.3 Å². The molecule has 1 fully saturated rings. The van der Waals surface area contributed by atoms with Gasteiger partial charge in [-0.1, -0.05) is 0 Å². The molecule has 0 spiro atoms.